The predicted molar refractivity (Wildman–Crippen MR) is 177 cm³/mol. The summed E-state index contributed by atoms with van der Waals surface area (Å²) in [5, 5.41) is 3.19. The lowest BCUT2D eigenvalue weighted by atomic mass is 9.90. The van der Waals surface area contributed by atoms with Gasteiger partial charge in [0.05, 0.1) is 18.9 Å². The number of fused-ring (bicyclic) bond motifs is 3. The Hall–Kier alpha value is -4.28. The molecule has 0 unspecified atom stereocenters. The van der Waals surface area contributed by atoms with Crippen LogP contribution in [0.4, 0.5) is 21.6 Å². The van der Waals surface area contributed by atoms with E-state index in [4.69, 9.17) is 4.74 Å². The molecule has 0 saturated carbocycles. The smallest absolute Gasteiger partial charge is 0.274 e. The van der Waals surface area contributed by atoms with Gasteiger partial charge in [0.25, 0.3) is 11.5 Å². The molecule has 7 rings (SSSR count). The first kappa shape index (κ1) is 30.4. The first-order valence-corrected chi connectivity index (χ1v) is 16.2. The van der Waals surface area contributed by atoms with Gasteiger partial charge in [-0.25, -0.2) is 9.37 Å². The van der Waals surface area contributed by atoms with Crippen molar-refractivity contribution in [1.29, 1.82) is 0 Å². The molecule has 240 valence electrons. The van der Waals surface area contributed by atoms with Crippen molar-refractivity contribution < 1.29 is 13.9 Å². The molecule has 0 atom stereocenters. The number of nitrogens with one attached hydrogen (secondary N) is 1. The molecule has 4 aromatic rings. The Balaban J connectivity index is 1.18. The summed E-state index contributed by atoms with van der Waals surface area (Å²) in [5.74, 6) is 0.0181. The number of nitrogens with zero attached hydrogens (tertiary/aromatic N) is 5. The minimum Gasteiger partial charge on any atom is -0.379 e. The highest BCUT2D eigenvalue weighted by atomic mass is 19.1. The molecule has 1 aromatic carbocycles. The van der Waals surface area contributed by atoms with E-state index in [0.717, 1.165) is 56.8 Å². The van der Waals surface area contributed by atoms with E-state index in [1.807, 2.05) is 31.3 Å². The van der Waals surface area contributed by atoms with Crippen LogP contribution in [-0.4, -0.2) is 57.8 Å². The lowest BCUT2D eigenvalue weighted by Crippen LogP contribution is -2.41. The van der Waals surface area contributed by atoms with E-state index in [9.17, 15) is 9.59 Å². The van der Waals surface area contributed by atoms with E-state index in [0.29, 0.717) is 53.5 Å². The second-order valence-electron chi connectivity index (χ2n) is 13.6. The van der Waals surface area contributed by atoms with Gasteiger partial charge in [-0.3, -0.25) is 14.5 Å². The summed E-state index contributed by atoms with van der Waals surface area (Å²) in [6.45, 7) is 11.7. The molecule has 1 fully saturated rings. The molecule has 1 aliphatic carbocycles. The number of rotatable bonds is 7. The van der Waals surface area contributed by atoms with E-state index in [-0.39, 0.29) is 16.9 Å². The van der Waals surface area contributed by atoms with Crippen LogP contribution in [-0.2, 0) is 44.1 Å². The number of aromatic nitrogens is 3. The lowest BCUT2D eigenvalue weighted by molar-refractivity contribution is 0.0341. The summed E-state index contributed by atoms with van der Waals surface area (Å²) >= 11 is 0. The number of hydrogen-bond acceptors (Lipinski definition) is 6. The van der Waals surface area contributed by atoms with E-state index in [2.05, 4.69) is 33.6 Å². The van der Waals surface area contributed by atoms with Gasteiger partial charge in [-0.1, -0.05) is 26.8 Å². The van der Waals surface area contributed by atoms with Crippen molar-refractivity contribution in [2.75, 3.05) is 43.1 Å². The fraction of sp³-hybridized carbons (Fsp3) is 0.417. The van der Waals surface area contributed by atoms with Crippen LogP contribution in [0.15, 0.2) is 53.6 Å². The van der Waals surface area contributed by atoms with Gasteiger partial charge < -0.3 is 24.1 Å². The minimum absolute atomic E-state index is 0.101. The predicted octanol–water partition coefficient (Wildman–Crippen LogP) is 5.31. The third kappa shape index (κ3) is 5.64. The molecule has 10 heteroatoms. The van der Waals surface area contributed by atoms with Gasteiger partial charge in [-0.05, 0) is 77.3 Å². The molecular formula is C36H41FN6O3. The number of amides is 1. The molecule has 5 heterocycles. The van der Waals surface area contributed by atoms with Crippen molar-refractivity contribution in [2.45, 2.75) is 53.1 Å². The average molecular weight is 625 g/mol. The van der Waals surface area contributed by atoms with Crippen molar-refractivity contribution in [3.63, 3.8) is 0 Å². The highest BCUT2D eigenvalue weighted by Crippen LogP contribution is 2.41. The fourth-order valence-corrected chi connectivity index (χ4v) is 7.33. The lowest BCUT2D eigenvalue weighted by Gasteiger charge is -2.32. The Morgan fingerprint density at radius 3 is 2.57 bits per heavy atom. The normalized spacial score (nSPS) is 17.7. The number of anilines is 3. The summed E-state index contributed by atoms with van der Waals surface area (Å²) in [5.41, 5.74) is 7.36. The number of halogens is 1. The first-order valence-electron chi connectivity index (χ1n) is 16.2. The summed E-state index contributed by atoms with van der Waals surface area (Å²) in [4.78, 5) is 35.7. The van der Waals surface area contributed by atoms with Gasteiger partial charge in [0.15, 0.2) is 0 Å². The van der Waals surface area contributed by atoms with E-state index >= 15 is 4.39 Å². The van der Waals surface area contributed by atoms with E-state index in [1.165, 1.54) is 28.0 Å². The van der Waals surface area contributed by atoms with Crippen molar-refractivity contribution in [3.8, 4) is 11.1 Å². The van der Waals surface area contributed by atoms with Crippen molar-refractivity contribution in [3.05, 3.63) is 93.0 Å². The highest BCUT2D eigenvalue weighted by Gasteiger charge is 2.37. The number of ether oxygens (including phenoxy) is 1. The molecule has 3 aromatic heterocycles. The molecule has 2 aliphatic heterocycles. The Morgan fingerprint density at radius 2 is 1.83 bits per heavy atom. The number of benzene rings is 1. The van der Waals surface area contributed by atoms with E-state index in [1.54, 1.807) is 24.2 Å². The summed E-state index contributed by atoms with van der Waals surface area (Å²) in [6.07, 6.45) is 6.04. The maximum atomic E-state index is 15.4. The topological polar surface area (TPSA) is 84.6 Å². The number of aryl methyl sites for hydroxylation is 1. The number of hydrogen-bond donors (Lipinski definition) is 1. The third-order valence-corrected chi connectivity index (χ3v) is 9.55. The van der Waals surface area contributed by atoms with Gasteiger partial charge in [0.1, 0.15) is 23.0 Å². The molecule has 1 amide bonds. The standard InChI is InChI=1S/C36H41FN6O3/c1-5-27-28(16-26(37)17-30(27)43-9-8-42-31(35(43)45)15-24-18-36(2,3)19-32(24)42)25-14-29(34(44)40(4)22-25)39-33-7-6-23(20-38-33)21-41-10-12-46-13-11-41/h6-7,14-17,20,22H,5,8-13,18-19,21H2,1-4H3,(H,38,39). The third-order valence-electron chi connectivity index (χ3n) is 9.55. The summed E-state index contributed by atoms with van der Waals surface area (Å²) in [7, 11) is 1.69. The molecule has 46 heavy (non-hydrogen) atoms. The molecular weight excluding hydrogens is 583 g/mol. The van der Waals surface area contributed by atoms with Crippen LogP contribution < -0.4 is 15.8 Å². The van der Waals surface area contributed by atoms with Crippen LogP contribution in [0.1, 0.15) is 53.6 Å². The highest BCUT2D eigenvalue weighted by molar-refractivity contribution is 6.07. The van der Waals surface area contributed by atoms with E-state index < -0.39 is 5.82 Å². The van der Waals surface area contributed by atoms with Crippen LogP contribution in [0, 0.1) is 11.2 Å². The van der Waals surface area contributed by atoms with Crippen LogP contribution in [0.5, 0.6) is 0 Å². The molecule has 0 spiro atoms. The number of carbonyl (C=O) groups is 1. The maximum absolute atomic E-state index is 15.4. The second-order valence-corrected chi connectivity index (χ2v) is 13.6. The van der Waals surface area contributed by atoms with Crippen LogP contribution in [0.25, 0.3) is 11.1 Å². The molecule has 3 aliphatic rings. The molecule has 1 saturated heterocycles. The Morgan fingerprint density at radius 1 is 1.02 bits per heavy atom. The fourth-order valence-electron chi connectivity index (χ4n) is 7.33. The average Bonchev–Trinajstić information content (AvgIpc) is 3.52. The van der Waals surface area contributed by atoms with Gasteiger partial charge in [-0.15, -0.1) is 0 Å². The second kappa shape index (κ2) is 11.8. The molecule has 9 nitrogen and oxygen atoms in total. The summed E-state index contributed by atoms with van der Waals surface area (Å²) < 4.78 is 24.5. The maximum Gasteiger partial charge on any atom is 0.274 e. The van der Waals surface area contributed by atoms with Crippen LogP contribution in [0.2, 0.25) is 0 Å². The van der Waals surface area contributed by atoms with Gasteiger partial charge in [0, 0.05) is 63.4 Å². The summed E-state index contributed by atoms with van der Waals surface area (Å²) in [6, 6.07) is 10.6. The van der Waals surface area contributed by atoms with Crippen LogP contribution in [0.3, 0.4) is 0 Å². The quantitative estimate of drug-likeness (QED) is 0.300. The minimum atomic E-state index is -0.430. The first-order chi connectivity index (χ1) is 22.1. The molecule has 1 N–H and O–H groups in total. The van der Waals surface area contributed by atoms with Crippen molar-refractivity contribution >= 4 is 23.1 Å². The monoisotopic (exact) mass is 624 g/mol. The van der Waals surface area contributed by atoms with Crippen LogP contribution >= 0.6 is 0 Å². The van der Waals surface area contributed by atoms with Gasteiger partial charge in [-0.2, -0.15) is 0 Å². The Bertz CT molecular complexity index is 1870. The SMILES string of the molecule is CCc1c(-c2cc(Nc3ccc(CN4CCOCC4)cn3)c(=O)n(C)c2)cc(F)cc1N1CCn2c(cc3c2CC(C)(C)C3)C1=O. The number of morpholine rings is 1. The van der Waals surface area contributed by atoms with Gasteiger partial charge in [0.2, 0.25) is 0 Å². The molecule has 0 radical (unpaired) electrons. The zero-order chi connectivity index (χ0) is 32.2. The van der Waals surface area contributed by atoms with Crippen molar-refractivity contribution in [1.82, 2.24) is 19.0 Å². The Kier molecular flexibility index (Phi) is 7.81. The largest absolute Gasteiger partial charge is 0.379 e. The number of carbonyl (C=O) groups excluding carboxylic acids is 1. The Labute approximate surface area is 268 Å². The van der Waals surface area contributed by atoms with Crippen molar-refractivity contribution in [2.24, 2.45) is 12.5 Å². The zero-order valence-electron chi connectivity index (χ0n) is 27.0. The number of pyridine rings is 2. The molecule has 0 bridgehead atoms. The zero-order valence-corrected chi connectivity index (χ0v) is 27.0. The van der Waals surface area contributed by atoms with Gasteiger partial charge >= 0.3 is 0 Å².